The standard InChI is InChI=1S/C14H22O5/c1-4-13(15)19-12-8-6-11(7-9-12)14(16)18-10(3)17-5-2/h4,10-12H,1,5-9H2,2-3H3. The first-order valence-corrected chi connectivity index (χ1v) is 6.72. The molecule has 0 aromatic carbocycles. The van der Waals surface area contributed by atoms with Gasteiger partial charge in [0.1, 0.15) is 6.10 Å². The Hall–Kier alpha value is -1.36. The summed E-state index contributed by atoms with van der Waals surface area (Å²) >= 11 is 0. The maximum Gasteiger partial charge on any atom is 0.330 e. The van der Waals surface area contributed by atoms with E-state index in [0.717, 1.165) is 6.08 Å². The minimum Gasteiger partial charge on any atom is -0.459 e. The van der Waals surface area contributed by atoms with Crippen molar-refractivity contribution >= 4 is 11.9 Å². The Balaban J connectivity index is 2.30. The molecule has 1 atom stereocenters. The third-order valence-corrected chi connectivity index (χ3v) is 3.14. The minimum atomic E-state index is -0.506. The van der Waals surface area contributed by atoms with Crippen LogP contribution in [0.5, 0.6) is 0 Å². The van der Waals surface area contributed by atoms with Crippen LogP contribution in [0.2, 0.25) is 0 Å². The molecule has 1 aliphatic rings. The van der Waals surface area contributed by atoms with Gasteiger partial charge >= 0.3 is 11.9 Å². The SMILES string of the molecule is C=CC(=O)OC1CCC(C(=O)OC(C)OCC)CC1. The summed E-state index contributed by atoms with van der Waals surface area (Å²) in [4.78, 5) is 22.9. The molecule has 0 bridgehead atoms. The predicted octanol–water partition coefficient (Wildman–Crippen LogP) is 2.20. The Kier molecular flexibility index (Phi) is 6.56. The lowest BCUT2D eigenvalue weighted by Gasteiger charge is -2.27. The fourth-order valence-corrected chi connectivity index (χ4v) is 2.16. The molecule has 0 amide bonds. The smallest absolute Gasteiger partial charge is 0.330 e. The average molecular weight is 270 g/mol. The fourth-order valence-electron chi connectivity index (χ4n) is 2.16. The average Bonchev–Trinajstić information content (AvgIpc) is 2.39. The highest BCUT2D eigenvalue weighted by molar-refractivity contribution is 5.81. The van der Waals surface area contributed by atoms with Gasteiger partial charge in [0.15, 0.2) is 6.29 Å². The van der Waals surface area contributed by atoms with Crippen LogP contribution < -0.4 is 0 Å². The number of ether oxygens (including phenoxy) is 3. The lowest BCUT2D eigenvalue weighted by Crippen LogP contribution is -2.30. The number of hydrogen-bond donors (Lipinski definition) is 0. The van der Waals surface area contributed by atoms with Gasteiger partial charge in [-0.2, -0.15) is 0 Å². The van der Waals surface area contributed by atoms with Gasteiger partial charge in [-0.05, 0) is 39.5 Å². The van der Waals surface area contributed by atoms with Gasteiger partial charge in [-0.3, -0.25) is 4.79 Å². The van der Waals surface area contributed by atoms with Crippen LogP contribution in [0.1, 0.15) is 39.5 Å². The highest BCUT2D eigenvalue weighted by Crippen LogP contribution is 2.27. The van der Waals surface area contributed by atoms with E-state index in [0.29, 0.717) is 32.3 Å². The van der Waals surface area contributed by atoms with Gasteiger partial charge in [0.05, 0.1) is 5.92 Å². The Bertz CT molecular complexity index is 318. The molecular formula is C14H22O5. The van der Waals surface area contributed by atoms with E-state index >= 15 is 0 Å². The highest BCUT2D eigenvalue weighted by atomic mass is 16.7. The van der Waals surface area contributed by atoms with Crippen molar-refractivity contribution in [3.63, 3.8) is 0 Å². The zero-order valence-corrected chi connectivity index (χ0v) is 11.6. The summed E-state index contributed by atoms with van der Waals surface area (Å²) in [5.74, 6) is -0.757. The van der Waals surface area contributed by atoms with Gasteiger partial charge in [0.2, 0.25) is 0 Å². The van der Waals surface area contributed by atoms with Crippen molar-refractivity contribution in [2.24, 2.45) is 5.92 Å². The molecule has 0 radical (unpaired) electrons. The molecule has 19 heavy (non-hydrogen) atoms. The van der Waals surface area contributed by atoms with Crippen molar-refractivity contribution < 1.29 is 23.8 Å². The minimum absolute atomic E-state index is 0.112. The molecule has 0 aromatic rings. The third kappa shape index (κ3) is 5.42. The second-order valence-electron chi connectivity index (χ2n) is 4.57. The molecule has 1 fully saturated rings. The van der Waals surface area contributed by atoms with Crippen LogP contribution in [-0.2, 0) is 23.8 Å². The molecule has 0 heterocycles. The summed E-state index contributed by atoms with van der Waals surface area (Å²) in [6, 6.07) is 0. The normalized spacial score (nSPS) is 24.3. The van der Waals surface area contributed by atoms with Crippen molar-refractivity contribution in [1.29, 1.82) is 0 Å². The van der Waals surface area contributed by atoms with Crippen molar-refractivity contribution in [3.8, 4) is 0 Å². The molecule has 1 unspecified atom stereocenters. The zero-order valence-electron chi connectivity index (χ0n) is 11.6. The Morgan fingerprint density at radius 1 is 1.32 bits per heavy atom. The van der Waals surface area contributed by atoms with Crippen LogP contribution in [0.4, 0.5) is 0 Å². The first-order chi connectivity index (χ1) is 9.06. The molecule has 0 spiro atoms. The molecule has 1 saturated carbocycles. The molecule has 0 aromatic heterocycles. The van der Waals surface area contributed by atoms with E-state index in [4.69, 9.17) is 14.2 Å². The topological polar surface area (TPSA) is 61.8 Å². The first kappa shape index (κ1) is 15.7. The monoisotopic (exact) mass is 270 g/mol. The van der Waals surface area contributed by atoms with E-state index in [1.54, 1.807) is 6.92 Å². The summed E-state index contributed by atoms with van der Waals surface area (Å²) in [5.41, 5.74) is 0. The molecule has 1 aliphatic carbocycles. The largest absolute Gasteiger partial charge is 0.459 e. The summed E-state index contributed by atoms with van der Waals surface area (Å²) in [6.07, 6.45) is 3.25. The Morgan fingerprint density at radius 2 is 1.95 bits per heavy atom. The number of hydrogen-bond acceptors (Lipinski definition) is 5. The molecule has 0 saturated heterocycles. The second kappa shape index (κ2) is 7.94. The molecule has 5 heteroatoms. The van der Waals surface area contributed by atoms with Gasteiger partial charge in [0, 0.05) is 12.7 Å². The number of carbonyl (C=O) groups excluding carboxylic acids is 2. The van der Waals surface area contributed by atoms with Gasteiger partial charge in [0.25, 0.3) is 0 Å². The van der Waals surface area contributed by atoms with Crippen molar-refractivity contribution in [2.75, 3.05) is 6.61 Å². The van der Waals surface area contributed by atoms with Crippen LogP contribution in [0.25, 0.3) is 0 Å². The second-order valence-corrected chi connectivity index (χ2v) is 4.57. The Morgan fingerprint density at radius 3 is 2.47 bits per heavy atom. The van der Waals surface area contributed by atoms with Crippen LogP contribution in [0, 0.1) is 5.92 Å². The van der Waals surface area contributed by atoms with E-state index in [9.17, 15) is 9.59 Å². The molecule has 108 valence electrons. The van der Waals surface area contributed by atoms with Crippen LogP contribution >= 0.6 is 0 Å². The maximum atomic E-state index is 11.8. The van der Waals surface area contributed by atoms with Gasteiger partial charge < -0.3 is 14.2 Å². The van der Waals surface area contributed by atoms with Crippen LogP contribution in [0.3, 0.4) is 0 Å². The summed E-state index contributed by atoms with van der Waals surface area (Å²) < 4.78 is 15.5. The van der Waals surface area contributed by atoms with E-state index in [1.165, 1.54) is 0 Å². The molecule has 5 nitrogen and oxygen atoms in total. The van der Waals surface area contributed by atoms with Gasteiger partial charge in [-0.1, -0.05) is 6.58 Å². The van der Waals surface area contributed by atoms with Crippen LogP contribution in [0.15, 0.2) is 12.7 Å². The molecular weight excluding hydrogens is 248 g/mol. The van der Waals surface area contributed by atoms with Crippen molar-refractivity contribution in [3.05, 3.63) is 12.7 Å². The van der Waals surface area contributed by atoms with E-state index in [1.807, 2.05) is 6.92 Å². The summed E-state index contributed by atoms with van der Waals surface area (Å²) in [7, 11) is 0. The van der Waals surface area contributed by atoms with E-state index in [-0.39, 0.29) is 18.0 Å². The summed E-state index contributed by atoms with van der Waals surface area (Å²) in [5, 5.41) is 0. The van der Waals surface area contributed by atoms with E-state index in [2.05, 4.69) is 6.58 Å². The zero-order chi connectivity index (χ0) is 14.3. The third-order valence-electron chi connectivity index (χ3n) is 3.14. The van der Waals surface area contributed by atoms with Gasteiger partial charge in [-0.25, -0.2) is 4.79 Å². The number of rotatable bonds is 6. The molecule has 0 N–H and O–H groups in total. The number of carbonyl (C=O) groups is 2. The number of esters is 2. The van der Waals surface area contributed by atoms with Crippen molar-refractivity contribution in [1.82, 2.24) is 0 Å². The predicted molar refractivity (Wildman–Crippen MR) is 69.2 cm³/mol. The maximum absolute atomic E-state index is 11.8. The first-order valence-electron chi connectivity index (χ1n) is 6.72. The van der Waals surface area contributed by atoms with Crippen molar-refractivity contribution in [2.45, 2.75) is 51.9 Å². The quantitative estimate of drug-likeness (QED) is 0.420. The molecule has 0 aliphatic heterocycles. The molecule has 1 rings (SSSR count). The lowest BCUT2D eigenvalue weighted by atomic mass is 9.87. The van der Waals surface area contributed by atoms with Gasteiger partial charge in [-0.15, -0.1) is 0 Å². The fraction of sp³-hybridized carbons (Fsp3) is 0.714. The van der Waals surface area contributed by atoms with Crippen LogP contribution in [-0.4, -0.2) is 30.9 Å². The lowest BCUT2D eigenvalue weighted by molar-refractivity contribution is -0.180. The summed E-state index contributed by atoms with van der Waals surface area (Å²) in [6.45, 7) is 7.43. The van der Waals surface area contributed by atoms with E-state index < -0.39 is 12.3 Å². The highest BCUT2D eigenvalue weighted by Gasteiger charge is 2.29. The Labute approximate surface area is 113 Å².